The highest BCUT2D eigenvalue weighted by Gasteiger charge is 2.24. The van der Waals surface area contributed by atoms with Gasteiger partial charge in [0.1, 0.15) is 0 Å². The fraction of sp³-hybridized carbons (Fsp3) is 1.00. The summed E-state index contributed by atoms with van der Waals surface area (Å²) in [6.07, 6.45) is -4.84. The first-order valence-electron chi connectivity index (χ1n) is 3.99. The number of rotatable bonds is 4. The van der Waals surface area contributed by atoms with Crippen LogP contribution < -0.4 is 0 Å². The van der Waals surface area contributed by atoms with Gasteiger partial charge in [-0.05, 0) is 25.6 Å². The van der Waals surface area contributed by atoms with E-state index in [2.05, 4.69) is 13.1 Å². The Balaban J connectivity index is 0. The standard InChI is InChI=1S/C6H15FOSi.CF4/c1-8-9(2,3)6-4-5-7;2-1(3,4)5/h4-6H2,1-3H3;. The Morgan fingerprint density at radius 3 is 1.71 bits per heavy atom. The molecule has 7 heteroatoms. The summed E-state index contributed by atoms with van der Waals surface area (Å²) in [4.78, 5) is 0. The summed E-state index contributed by atoms with van der Waals surface area (Å²) >= 11 is 0. The van der Waals surface area contributed by atoms with Crippen molar-refractivity contribution in [3.8, 4) is 0 Å². The lowest BCUT2D eigenvalue weighted by molar-refractivity contribution is -0.237. The predicted molar refractivity (Wildman–Crippen MR) is 47.1 cm³/mol. The quantitative estimate of drug-likeness (QED) is 0.536. The molecule has 0 aliphatic rings. The molecule has 1 nitrogen and oxygen atoms in total. The van der Waals surface area contributed by atoms with E-state index in [1.165, 1.54) is 0 Å². The maximum atomic E-state index is 11.6. The maximum Gasteiger partial charge on any atom is 0.559 e. The van der Waals surface area contributed by atoms with Crippen LogP contribution >= 0.6 is 0 Å². The second kappa shape index (κ2) is 7.16. The van der Waals surface area contributed by atoms with Crippen LogP contribution in [0.5, 0.6) is 0 Å². The molecule has 0 amide bonds. The Hall–Kier alpha value is -0.173. The van der Waals surface area contributed by atoms with Gasteiger partial charge >= 0.3 is 6.43 Å². The summed E-state index contributed by atoms with van der Waals surface area (Å²) < 4.78 is 55.6. The molecule has 0 aromatic heterocycles. The monoisotopic (exact) mass is 238 g/mol. The number of hydrogen-bond acceptors (Lipinski definition) is 1. The molecule has 0 radical (unpaired) electrons. The van der Waals surface area contributed by atoms with Gasteiger partial charge in [-0.3, -0.25) is 4.39 Å². The predicted octanol–water partition coefficient (Wildman–Crippen LogP) is 3.67. The van der Waals surface area contributed by atoms with E-state index < -0.39 is 14.7 Å². The third-order valence-corrected chi connectivity index (χ3v) is 4.13. The molecule has 0 bridgehead atoms. The number of hydrogen-bond donors (Lipinski definition) is 0. The summed E-state index contributed by atoms with van der Waals surface area (Å²) in [6.45, 7) is 3.99. The number of halogens is 5. The molecule has 0 rings (SSSR count). The molecule has 0 heterocycles. The van der Waals surface area contributed by atoms with Crippen LogP contribution in [0.4, 0.5) is 22.0 Å². The Morgan fingerprint density at radius 1 is 1.14 bits per heavy atom. The van der Waals surface area contributed by atoms with Crippen molar-refractivity contribution in [2.24, 2.45) is 0 Å². The molecular formula is C7H15F5OSi. The largest absolute Gasteiger partial charge is 0.559 e. The van der Waals surface area contributed by atoms with Crippen molar-refractivity contribution in [2.75, 3.05) is 13.8 Å². The second-order valence-corrected chi connectivity index (χ2v) is 7.61. The first kappa shape index (κ1) is 16.3. The average Bonchev–Trinajstić information content (AvgIpc) is 1.98. The van der Waals surface area contributed by atoms with Gasteiger partial charge in [0.25, 0.3) is 0 Å². The van der Waals surface area contributed by atoms with E-state index in [0.717, 1.165) is 6.04 Å². The van der Waals surface area contributed by atoms with Gasteiger partial charge in [-0.2, -0.15) is 0 Å². The summed E-state index contributed by atoms with van der Waals surface area (Å²) in [5.74, 6) is 0. The van der Waals surface area contributed by atoms with Crippen molar-refractivity contribution < 1.29 is 26.4 Å². The van der Waals surface area contributed by atoms with Crippen LogP contribution in [0.15, 0.2) is 0 Å². The van der Waals surface area contributed by atoms with E-state index in [9.17, 15) is 22.0 Å². The molecule has 0 atom stereocenters. The van der Waals surface area contributed by atoms with Crippen molar-refractivity contribution in [2.45, 2.75) is 32.0 Å². The normalized spacial score (nSPS) is 12.0. The Morgan fingerprint density at radius 2 is 1.50 bits per heavy atom. The lowest BCUT2D eigenvalue weighted by Gasteiger charge is -2.18. The van der Waals surface area contributed by atoms with Crippen molar-refractivity contribution >= 4 is 8.32 Å². The van der Waals surface area contributed by atoms with Gasteiger partial charge in [0.2, 0.25) is 0 Å². The highest BCUT2D eigenvalue weighted by atomic mass is 28.4. The highest BCUT2D eigenvalue weighted by molar-refractivity contribution is 6.71. The van der Waals surface area contributed by atoms with Gasteiger partial charge in [-0.25, -0.2) is 0 Å². The fourth-order valence-electron chi connectivity index (χ4n) is 0.595. The van der Waals surface area contributed by atoms with Gasteiger partial charge in [-0.15, -0.1) is 17.6 Å². The molecular weight excluding hydrogens is 223 g/mol. The van der Waals surface area contributed by atoms with Gasteiger partial charge in [0.15, 0.2) is 8.32 Å². The zero-order valence-corrected chi connectivity index (χ0v) is 9.42. The van der Waals surface area contributed by atoms with E-state index in [0.29, 0.717) is 6.42 Å². The highest BCUT2D eigenvalue weighted by Crippen LogP contribution is 2.14. The maximum absolute atomic E-state index is 11.6. The van der Waals surface area contributed by atoms with Crippen LogP contribution in [-0.4, -0.2) is 28.5 Å². The molecule has 0 fully saturated rings. The van der Waals surface area contributed by atoms with Crippen LogP contribution in [0.3, 0.4) is 0 Å². The molecule has 0 saturated heterocycles. The fourth-order valence-corrected chi connectivity index (χ4v) is 1.78. The molecule has 0 unspecified atom stereocenters. The average molecular weight is 238 g/mol. The van der Waals surface area contributed by atoms with E-state index in [1.807, 2.05) is 0 Å². The van der Waals surface area contributed by atoms with Crippen LogP contribution in [0.25, 0.3) is 0 Å². The zero-order valence-electron chi connectivity index (χ0n) is 8.42. The SMILES string of the molecule is CO[Si](C)(C)CCCF.FC(F)(F)F. The summed E-state index contributed by atoms with van der Waals surface area (Å²) in [5.41, 5.74) is 0. The molecule has 0 aromatic carbocycles. The van der Waals surface area contributed by atoms with Crippen LogP contribution in [0, 0.1) is 0 Å². The van der Waals surface area contributed by atoms with Gasteiger partial charge < -0.3 is 4.43 Å². The van der Waals surface area contributed by atoms with Crippen molar-refractivity contribution in [3.63, 3.8) is 0 Å². The van der Waals surface area contributed by atoms with Crippen molar-refractivity contribution in [3.05, 3.63) is 0 Å². The van der Waals surface area contributed by atoms with E-state index >= 15 is 0 Å². The summed E-state index contributed by atoms with van der Waals surface area (Å²) in [6, 6.07) is 0.931. The molecule has 0 spiro atoms. The van der Waals surface area contributed by atoms with Crippen LogP contribution in [0.1, 0.15) is 6.42 Å². The molecule has 0 aliphatic heterocycles. The van der Waals surface area contributed by atoms with Crippen LogP contribution in [0.2, 0.25) is 19.1 Å². The van der Waals surface area contributed by atoms with Crippen molar-refractivity contribution in [1.29, 1.82) is 0 Å². The Labute approximate surface area is 81.4 Å². The summed E-state index contributed by atoms with van der Waals surface area (Å²) in [7, 11) is 0.275. The Kier molecular flexibility index (Phi) is 8.32. The Bertz CT molecular complexity index is 131. The van der Waals surface area contributed by atoms with Gasteiger partial charge in [0.05, 0.1) is 6.67 Å². The molecule has 0 saturated carbocycles. The first-order chi connectivity index (χ1) is 6.12. The third kappa shape index (κ3) is 22.6. The van der Waals surface area contributed by atoms with E-state index in [4.69, 9.17) is 4.43 Å². The summed E-state index contributed by atoms with van der Waals surface area (Å²) in [5, 5.41) is 0. The molecule has 88 valence electrons. The van der Waals surface area contributed by atoms with E-state index in [-0.39, 0.29) is 6.67 Å². The minimum absolute atomic E-state index is 0.209. The number of alkyl halides is 5. The zero-order chi connectivity index (χ0) is 11.8. The molecule has 0 N–H and O–H groups in total. The molecule has 0 aromatic rings. The molecule has 0 aliphatic carbocycles. The third-order valence-electron chi connectivity index (χ3n) is 1.47. The smallest absolute Gasteiger partial charge is 0.420 e. The van der Waals surface area contributed by atoms with Crippen LogP contribution in [-0.2, 0) is 4.43 Å². The minimum Gasteiger partial charge on any atom is -0.420 e. The van der Waals surface area contributed by atoms with Crippen molar-refractivity contribution in [1.82, 2.24) is 0 Å². The van der Waals surface area contributed by atoms with Gasteiger partial charge in [-0.1, -0.05) is 0 Å². The second-order valence-electron chi connectivity index (χ2n) is 3.18. The lowest BCUT2D eigenvalue weighted by atomic mass is 10.6. The lowest BCUT2D eigenvalue weighted by Crippen LogP contribution is -2.28. The topological polar surface area (TPSA) is 9.23 Å². The van der Waals surface area contributed by atoms with Gasteiger partial charge in [0, 0.05) is 7.11 Å². The molecule has 14 heavy (non-hydrogen) atoms. The van der Waals surface area contributed by atoms with E-state index in [1.54, 1.807) is 7.11 Å². The first-order valence-corrected chi connectivity index (χ1v) is 7.10. The minimum atomic E-state index is -5.50.